The van der Waals surface area contributed by atoms with Gasteiger partial charge in [-0.2, -0.15) is 0 Å². The zero-order valence-corrected chi connectivity index (χ0v) is 8.37. The monoisotopic (exact) mass is 180 g/mol. The predicted molar refractivity (Wildman–Crippen MR) is 52.9 cm³/mol. The van der Waals surface area contributed by atoms with Gasteiger partial charge in [-0.15, -0.1) is 0 Å². The van der Waals surface area contributed by atoms with Gasteiger partial charge < -0.3 is 10.1 Å². The van der Waals surface area contributed by atoms with E-state index in [-0.39, 0.29) is 0 Å². The molecule has 1 heterocycles. The van der Waals surface area contributed by atoms with Crippen molar-refractivity contribution in [2.24, 2.45) is 0 Å². The van der Waals surface area contributed by atoms with Crippen LogP contribution in [0.2, 0.25) is 0 Å². The first-order chi connectivity index (χ1) is 6.33. The van der Waals surface area contributed by atoms with Gasteiger partial charge in [-0.25, -0.2) is 4.98 Å². The summed E-state index contributed by atoms with van der Waals surface area (Å²) in [6, 6.07) is 4.29. The van der Waals surface area contributed by atoms with Gasteiger partial charge in [0.05, 0.1) is 7.11 Å². The third-order valence-electron chi connectivity index (χ3n) is 2.13. The van der Waals surface area contributed by atoms with E-state index in [2.05, 4.69) is 17.2 Å². The fourth-order valence-electron chi connectivity index (χ4n) is 1.42. The molecule has 0 saturated heterocycles. The van der Waals surface area contributed by atoms with Crippen molar-refractivity contribution >= 4 is 0 Å². The second-order valence-corrected chi connectivity index (χ2v) is 2.85. The molecule has 1 unspecified atom stereocenters. The Bertz CT molecular complexity index is 259. The Hall–Kier alpha value is -1.09. The first-order valence-corrected chi connectivity index (χ1v) is 4.49. The maximum atomic E-state index is 5.18. The van der Waals surface area contributed by atoms with Crippen molar-refractivity contribution in [3.8, 4) is 5.88 Å². The molecule has 0 fully saturated rings. The quantitative estimate of drug-likeness (QED) is 0.766. The number of methoxy groups -OCH3 is 1. The summed E-state index contributed by atoms with van der Waals surface area (Å²) in [6.07, 6.45) is 2.77. The molecule has 0 saturated carbocycles. The summed E-state index contributed by atoms with van der Waals surface area (Å²) in [7, 11) is 3.59. The van der Waals surface area contributed by atoms with E-state index in [4.69, 9.17) is 4.74 Å². The van der Waals surface area contributed by atoms with Gasteiger partial charge in [-0.3, -0.25) is 0 Å². The van der Waals surface area contributed by atoms with E-state index in [1.807, 2.05) is 19.2 Å². The smallest absolute Gasteiger partial charge is 0.217 e. The minimum absolute atomic E-state index is 0.323. The average Bonchev–Trinajstić information content (AvgIpc) is 2.20. The zero-order chi connectivity index (χ0) is 9.68. The van der Waals surface area contributed by atoms with Gasteiger partial charge in [0.25, 0.3) is 0 Å². The molecule has 1 N–H and O–H groups in total. The number of hydrogen-bond acceptors (Lipinski definition) is 3. The normalized spacial score (nSPS) is 12.5. The van der Waals surface area contributed by atoms with Crippen LogP contribution in [0, 0.1) is 0 Å². The Balaban J connectivity index is 2.96. The molecular formula is C10H16N2O. The van der Waals surface area contributed by atoms with Crippen LogP contribution >= 0.6 is 0 Å². The lowest BCUT2D eigenvalue weighted by molar-refractivity contribution is 0.383. The zero-order valence-electron chi connectivity index (χ0n) is 8.37. The van der Waals surface area contributed by atoms with Crippen molar-refractivity contribution < 1.29 is 4.74 Å². The Morgan fingerprint density at radius 1 is 1.62 bits per heavy atom. The van der Waals surface area contributed by atoms with Gasteiger partial charge in [-0.1, -0.05) is 13.0 Å². The van der Waals surface area contributed by atoms with Crippen molar-refractivity contribution in [1.29, 1.82) is 0 Å². The minimum Gasteiger partial charge on any atom is -0.481 e. The minimum atomic E-state index is 0.323. The van der Waals surface area contributed by atoms with Crippen LogP contribution in [0.4, 0.5) is 0 Å². The van der Waals surface area contributed by atoms with Gasteiger partial charge in [-0.05, 0) is 19.5 Å². The van der Waals surface area contributed by atoms with Crippen molar-refractivity contribution in [3.05, 3.63) is 23.9 Å². The van der Waals surface area contributed by atoms with E-state index in [9.17, 15) is 0 Å². The second kappa shape index (κ2) is 4.82. The highest BCUT2D eigenvalue weighted by Crippen LogP contribution is 2.23. The third kappa shape index (κ3) is 2.18. The van der Waals surface area contributed by atoms with E-state index in [0.29, 0.717) is 11.9 Å². The first kappa shape index (κ1) is 9.99. The fraction of sp³-hybridized carbons (Fsp3) is 0.500. The van der Waals surface area contributed by atoms with E-state index < -0.39 is 0 Å². The van der Waals surface area contributed by atoms with Crippen LogP contribution in [0.5, 0.6) is 5.88 Å². The summed E-state index contributed by atoms with van der Waals surface area (Å²) in [5.74, 6) is 0.712. The lowest BCUT2D eigenvalue weighted by Crippen LogP contribution is -2.16. The van der Waals surface area contributed by atoms with E-state index in [1.54, 1.807) is 13.3 Å². The van der Waals surface area contributed by atoms with E-state index in [1.165, 1.54) is 0 Å². The molecule has 0 aliphatic rings. The predicted octanol–water partition coefficient (Wildman–Crippen LogP) is 1.76. The summed E-state index contributed by atoms with van der Waals surface area (Å²) < 4.78 is 5.18. The SMILES string of the molecule is CCC(NC)c1cccnc1OC. The van der Waals surface area contributed by atoms with Gasteiger partial charge >= 0.3 is 0 Å². The standard InChI is InChI=1S/C10H16N2O/c1-4-9(11-2)8-6-5-7-12-10(8)13-3/h5-7,9,11H,4H2,1-3H3. The molecule has 0 bridgehead atoms. The summed E-state index contributed by atoms with van der Waals surface area (Å²) in [5, 5.41) is 3.22. The van der Waals surface area contributed by atoms with E-state index >= 15 is 0 Å². The van der Waals surface area contributed by atoms with Crippen molar-refractivity contribution in [2.45, 2.75) is 19.4 Å². The summed E-state index contributed by atoms with van der Waals surface area (Å²) in [6.45, 7) is 2.13. The maximum absolute atomic E-state index is 5.18. The third-order valence-corrected chi connectivity index (χ3v) is 2.13. The Kier molecular flexibility index (Phi) is 3.71. The average molecular weight is 180 g/mol. The molecule has 0 spiro atoms. The number of nitrogens with one attached hydrogen (secondary N) is 1. The molecule has 13 heavy (non-hydrogen) atoms. The fourth-order valence-corrected chi connectivity index (χ4v) is 1.42. The molecule has 3 nitrogen and oxygen atoms in total. The molecule has 0 radical (unpaired) electrons. The van der Waals surface area contributed by atoms with Crippen LogP contribution in [0.1, 0.15) is 24.9 Å². The number of ether oxygens (including phenoxy) is 1. The number of nitrogens with zero attached hydrogens (tertiary/aromatic N) is 1. The Morgan fingerprint density at radius 2 is 2.38 bits per heavy atom. The maximum Gasteiger partial charge on any atom is 0.217 e. The molecule has 1 aromatic heterocycles. The van der Waals surface area contributed by atoms with Crippen molar-refractivity contribution in [1.82, 2.24) is 10.3 Å². The number of rotatable bonds is 4. The Morgan fingerprint density at radius 3 is 2.92 bits per heavy atom. The number of pyridine rings is 1. The van der Waals surface area contributed by atoms with Crippen LogP contribution in [0.3, 0.4) is 0 Å². The molecule has 72 valence electrons. The summed E-state index contributed by atoms with van der Waals surface area (Å²) >= 11 is 0. The molecule has 1 atom stereocenters. The molecule has 1 rings (SSSR count). The van der Waals surface area contributed by atoms with Gasteiger partial charge in [0.15, 0.2) is 0 Å². The lowest BCUT2D eigenvalue weighted by Gasteiger charge is -2.16. The van der Waals surface area contributed by atoms with Gasteiger partial charge in [0.2, 0.25) is 5.88 Å². The highest BCUT2D eigenvalue weighted by molar-refractivity contribution is 5.28. The molecular weight excluding hydrogens is 164 g/mol. The first-order valence-electron chi connectivity index (χ1n) is 4.49. The Labute approximate surface area is 79.1 Å². The van der Waals surface area contributed by atoms with Crippen LogP contribution in [0.15, 0.2) is 18.3 Å². The van der Waals surface area contributed by atoms with Gasteiger partial charge in [0.1, 0.15) is 0 Å². The van der Waals surface area contributed by atoms with Crippen molar-refractivity contribution in [2.75, 3.05) is 14.2 Å². The number of aromatic nitrogens is 1. The van der Waals surface area contributed by atoms with Crippen LogP contribution in [0.25, 0.3) is 0 Å². The van der Waals surface area contributed by atoms with Crippen LogP contribution in [-0.4, -0.2) is 19.1 Å². The second-order valence-electron chi connectivity index (χ2n) is 2.85. The topological polar surface area (TPSA) is 34.2 Å². The van der Waals surface area contributed by atoms with E-state index in [0.717, 1.165) is 12.0 Å². The lowest BCUT2D eigenvalue weighted by atomic mass is 10.1. The highest BCUT2D eigenvalue weighted by Gasteiger charge is 2.11. The number of hydrogen-bond donors (Lipinski definition) is 1. The molecule has 0 aromatic carbocycles. The molecule has 0 aliphatic carbocycles. The molecule has 0 amide bonds. The van der Waals surface area contributed by atoms with Crippen molar-refractivity contribution in [3.63, 3.8) is 0 Å². The molecule has 0 aliphatic heterocycles. The van der Waals surface area contributed by atoms with Gasteiger partial charge in [0, 0.05) is 17.8 Å². The summed E-state index contributed by atoms with van der Waals surface area (Å²) in [5.41, 5.74) is 1.12. The van der Waals surface area contributed by atoms with Crippen LogP contribution in [-0.2, 0) is 0 Å². The largest absolute Gasteiger partial charge is 0.481 e. The highest BCUT2D eigenvalue weighted by atomic mass is 16.5. The molecule has 1 aromatic rings. The molecule has 3 heteroatoms. The summed E-state index contributed by atoms with van der Waals surface area (Å²) in [4.78, 5) is 4.15. The van der Waals surface area contributed by atoms with Crippen LogP contribution < -0.4 is 10.1 Å².